The van der Waals surface area contributed by atoms with Crippen LogP contribution in [0, 0.1) is 5.92 Å². The number of benzene rings is 1. The highest BCUT2D eigenvalue weighted by Crippen LogP contribution is 2.27. The molecule has 0 bridgehead atoms. The van der Waals surface area contributed by atoms with Crippen molar-refractivity contribution >= 4 is 28.5 Å². The fraction of sp³-hybridized carbons (Fsp3) is 0.308. The van der Waals surface area contributed by atoms with Crippen LogP contribution in [0.4, 0.5) is 0 Å². The molecule has 17 heavy (non-hydrogen) atoms. The van der Waals surface area contributed by atoms with Crippen molar-refractivity contribution in [1.82, 2.24) is 4.57 Å². The van der Waals surface area contributed by atoms with Crippen molar-refractivity contribution in [2.75, 3.05) is 0 Å². The maximum absolute atomic E-state index is 10.8. The van der Waals surface area contributed by atoms with E-state index in [1.165, 1.54) is 0 Å². The lowest BCUT2D eigenvalue weighted by molar-refractivity contribution is -0.141. The molecule has 0 aliphatic heterocycles. The largest absolute Gasteiger partial charge is 0.481 e. The van der Waals surface area contributed by atoms with Gasteiger partial charge in [-0.2, -0.15) is 0 Å². The summed E-state index contributed by atoms with van der Waals surface area (Å²) in [4.78, 5) is 10.8. The molecule has 0 amide bonds. The SMILES string of the molecule is CC(Cc1cc(Cl)c2ccn(C)c2c1)C(=O)O. The van der Waals surface area contributed by atoms with Crippen LogP contribution in [-0.4, -0.2) is 15.6 Å². The number of fused-ring (bicyclic) bond motifs is 1. The minimum atomic E-state index is -0.784. The van der Waals surface area contributed by atoms with E-state index >= 15 is 0 Å². The van der Waals surface area contributed by atoms with Crippen molar-refractivity contribution < 1.29 is 9.90 Å². The Morgan fingerprint density at radius 3 is 2.88 bits per heavy atom. The Labute approximate surface area is 105 Å². The van der Waals surface area contributed by atoms with Crippen molar-refractivity contribution in [2.24, 2.45) is 13.0 Å². The van der Waals surface area contributed by atoms with Crippen molar-refractivity contribution in [3.8, 4) is 0 Å². The van der Waals surface area contributed by atoms with Crippen LogP contribution in [0.2, 0.25) is 5.02 Å². The smallest absolute Gasteiger partial charge is 0.306 e. The van der Waals surface area contributed by atoms with E-state index in [1.807, 2.05) is 36.0 Å². The molecule has 4 heteroatoms. The summed E-state index contributed by atoms with van der Waals surface area (Å²) in [7, 11) is 1.95. The standard InChI is InChI=1S/C13H14ClNO2/c1-8(13(16)17)5-9-6-11(14)10-3-4-15(2)12(10)7-9/h3-4,6-8H,5H2,1-2H3,(H,16,17). The highest BCUT2D eigenvalue weighted by Gasteiger charge is 2.13. The lowest BCUT2D eigenvalue weighted by Crippen LogP contribution is -2.12. The monoisotopic (exact) mass is 251 g/mol. The quantitative estimate of drug-likeness (QED) is 0.911. The molecule has 0 fully saturated rings. The number of aliphatic carboxylic acids is 1. The van der Waals surface area contributed by atoms with Gasteiger partial charge in [-0.3, -0.25) is 4.79 Å². The second-order valence-electron chi connectivity index (χ2n) is 4.38. The molecular formula is C13H14ClNO2. The summed E-state index contributed by atoms with van der Waals surface area (Å²) in [6.45, 7) is 1.70. The summed E-state index contributed by atoms with van der Waals surface area (Å²) in [6, 6.07) is 5.81. The number of hydrogen-bond acceptors (Lipinski definition) is 1. The fourth-order valence-electron chi connectivity index (χ4n) is 1.94. The van der Waals surface area contributed by atoms with Crippen LogP contribution in [0.5, 0.6) is 0 Å². The summed E-state index contributed by atoms with van der Waals surface area (Å²) in [5, 5.41) is 10.6. The first-order valence-electron chi connectivity index (χ1n) is 5.45. The van der Waals surface area contributed by atoms with Crippen LogP contribution >= 0.6 is 11.6 Å². The zero-order valence-electron chi connectivity index (χ0n) is 9.77. The fourth-order valence-corrected chi connectivity index (χ4v) is 2.24. The number of rotatable bonds is 3. The van der Waals surface area contributed by atoms with E-state index in [-0.39, 0.29) is 0 Å². The van der Waals surface area contributed by atoms with Gasteiger partial charge >= 0.3 is 5.97 Å². The first kappa shape index (κ1) is 12.0. The van der Waals surface area contributed by atoms with Crippen LogP contribution in [0.25, 0.3) is 10.9 Å². The first-order chi connectivity index (χ1) is 7.99. The van der Waals surface area contributed by atoms with Gasteiger partial charge in [0.1, 0.15) is 0 Å². The predicted octanol–water partition coefficient (Wildman–Crippen LogP) is 3.09. The number of hydrogen-bond donors (Lipinski definition) is 1. The number of aryl methyl sites for hydroxylation is 1. The van der Waals surface area contributed by atoms with E-state index < -0.39 is 11.9 Å². The molecule has 1 aromatic heterocycles. The highest BCUT2D eigenvalue weighted by atomic mass is 35.5. The van der Waals surface area contributed by atoms with E-state index in [4.69, 9.17) is 16.7 Å². The molecule has 1 N–H and O–H groups in total. The molecule has 0 spiro atoms. The summed E-state index contributed by atoms with van der Waals surface area (Å²) >= 11 is 6.18. The Hall–Kier alpha value is -1.48. The van der Waals surface area contributed by atoms with Crippen molar-refractivity contribution in [1.29, 1.82) is 0 Å². The van der Waals surface area contributed by atoms with Gasteiger partial charge in [-0.1, -0.05) is 18.5 Å². The zero-order valence-corrected chi connectivity index (χ0v) is 10.5. The molecule has 2 aromatic rings. The van der Waals surface area contributed by atoms with Crippen molar-refractivity contribution in [3.05, 3.63) is 35.0 Å². The number of carbonyl (C=O) groups is 1. The summed E-state index contributed by atoms with van der Waals surface area (Å²) in [5.41, 5.74) is 1.99. The van der Waals surface area contributed by atoms with Gasteiger partial charge in [-0.15, -0.1) is 0 Å². The lowest BCUT2D eigenvalue weighted by atomic mass is 10.0. The molecule has 1 unspecified atom stereocenters. The molecule has 1 aromatic carbocycles. The van der Waals surface area contributed by atoms with Crippen molar-refractivity contribution in [3.63, 3.8) is 0 Å². The Balaban J connectivity index is 2.42. The molecule has 0 saturated heterocycles. The number of halogens is 1. The third kappa shape index (κ3) is 2.29. The van der Waals surface area contributed by atoms with Crippen LogP contribution in [0.3, 0.4) is 0 Å². The van der Waals surface area contributed by atoms with Gasteiger partial charge in [-0.25, -0.2) is 0 Å². The molecular weight excluding hydrogens is 238 g/mol. The van der Waals surface area contributed by atoms with Gasteiger partial charge in [0.2, 0.25) is 0 Å². The molecule has 0 aliphatic rings. The van der Waals surface area contributed by atoms with E-state index in [9.17, 15) is 4.79 Å². The topological polar surface area (TPSA) is 42.2 Å². The molecule has 1 heterocycles. The maximum Gasteiger partial charge on any atom is 0.306 e. The molecule has 1 atom stereocenters. The van der Waals surface area contributed by atoms with Crippen molar-refractivity contribution in [2.45, 2.75) is 13.3 Å². The number of carboxylic acid groups (broad SMARTS) is 1. The summed E-state index contributed by atoms with van der Waals surface area (Å²) in [6.07, 6.45) is 2.44. The molecule has 90 valence electrons. The molecule has 0 radical (unpaired) electrons. The van der Waals surface area contributed by atoms with Crippen LogP contribution in [0.15, 0.2) is 24.4 Å². The molecule has 0 aliphatic carbocycles. The van der Waals surface area contributed by atoms with E-state index in [1.54, 1.807) is 6.92 Å². The van der Waals surface area contributed by atoms with Gasteiger partial charge in [0.25, 0.3) is 0 Å². The second kappa shape index (κ2) is 4.41. The van der Waals surface area contributed by atoms with E-state index in [0.717, 1.165) is 16.5 Å². The normalized spacial score (nSPS) is 12.9. The minimum absolute atomic E-state index is 0.399. The lowest BCUT2D eigenvalue weighted by Gasteiger charge is -2.08. The van der Waals surface area contributed by atoms with Crippen LogP contribution in [-0.2, 0) is 18.3 Å². The molecule has 0 saturated carbocycles. The Kier molecular flexibility index (Phi) is 3.11. The Bertz CT molecular complexity index is 574. The average molecular weight is 252 g/mol. The van der Waals surface area contributed by atoms with E-state index in [0.29, 0.717) is 11.4 Å². The molecule has 3 nitrogen and oxygen atoms in total. The van der Waals surface area contributed by atoms with Gasteiger partial charge < -0.3 is 9.67 Å². The number of aromatic nitrogens is 1. The number of nitrogens with zero attached hydrogens (tertiary/aromatic N) is 1. The third-order valence-electron chi connectivity index (χ3n) is 2.98. The third-order valence-corrected chi connectivity index (χ3v) is 3.29. The molecule has 2 rings (SSSR count). The Morgan fingerprint density at radius 2 is 2.24 bits per heavy atom. The van der Waals surface area contributed by atoms with Gasteiger partial charge in [-0.05, 0) is 30.2 Å². The van der Waals surface area contributed by atoms with Crippen LogP contribution < -0.4 is 0 Å². The van der Waals surface area contributed by atoms with Crippen LogP contribution in [0.1, 0.15) is 12.5 Å². The summed E-state index contributed by atoms with van der Waals surface area (Å²) in [5.74, 6) is -1.18. The summed E-state index contributed by atoms with van der Waals surface area (Å²) < 4.78 is 1.98. The Morgan fingerprint density at radius 1 is 1.53 bits per heavy atom. The highest BCUT2D eigenvalue weighted by molar-refractivity contribution is 6.35. The average Bonchev–Trinajstić information content (AvgIpc) is 2.61. The van der Waals surface area contributed by atoms with Gasteiger partial charge in [0.05, 0.1) is 10.9 Å². The zero-order chi connectivity index (χ0) is 12.6. The van der Waals surface area contributed by atoms with Gasteiger partial charge in [0.15, 0.2) is 0 Å². The first-order valence-corrected chi connectivity index (χ1v) is 5.83. The van der Waals surface area contributed by atoms with E-state index in [2.05, 4.69) is 0 Å². The number of carboxylic acids is 1. The maximum atomic E-state index is 10.8. The second-order valence-corrected chi connectivity index (χ2v) is 4.79. The minimum Gasteiger partial charge on any atom is -0.481 e. The predicted molar refractivity (Wildman–Crippen MR) is 68.4 cm³/mol. The van der Waals surface area contributed by atoms with Gasteiger partial charge in [0, 0.05) is 24.1 Å².